The first-order chi connectivity index (χ1) is 12.0. The van der Waals surface area contributed by atoms with E-state index in [2.05, 4.69) is 10.4 Å². The topological polar surface area (TPSA) is 91.7 Å². The molecule has 0 aliphatic carbocycles. The summed E-state index contributed by atoms with van der Waals surface area (Å²) in [6.45, 7) is 2.42. The Morgan fingerprint density at radius 3 is 2.28 bits per heavy atom. The number of hydrogen-bond donors (Lipinski definition) is 1. The standard InChI is InChI=1S/C17H21N3O5/c1-5-20-15(21)7-6-12(19-20)17(22)18-10-11-8-13(23-2)16(25-4)14(9-11)24-3/h6-9H,5,10H2,1-4H3,(H,18,22). The third kappa shape index (κ3) is 4.09. The summed E-state index contributed by atoms with van der Waals surface area (Å²) in [6, 6.07) is 6.23. The summed E-state index contributed by atoms with van der Waals surface area (Å²) in [5.41, 5.74) is 0.698. The number of hydrogen-bond acceptors (Lipinski definition) is 6. The lowest BCUT2D eigenvalue weighted by atomic mass is 10.1. The van der Waals surface area contributed by atoms with Crippen molar-refractivity contribution in [3.05, 3.63) is 45.9 Å². The maximum Gasteiger partial charge on any atom is 0.271 e. The van der Waals surface area contributed by atoms with Gasteiger partial charge in [-0.2, -0.15) is 5.10 Å². The van der Waals surface area contributed by atoms with Crippen LogP contribution in [0.2, 0.25) is 0 Å². The normalized spacial score (nSPS) is 10.2. The minimum atomic E-state index is -0.379. The Labute approximate surface area is 145 Å². The van der Waals surface area contributed by atoms with E-state index in [4.69, 9.17) is 14.2 Å². The first-order valence-electron chi connectivity index (χ1n) is 7.69. The molecular formula is C17H21N3O5. The van der Waals surface area contributed by atoms with Crippen LogP contribution in [0, 0.1) is 0 Å². The molecule has 0 aliphatic heterocycles. The largest absolute Gasteiger partial charge is 0.493 e. The van der Waals surface area contributed by atoms with Crippen molar-refractivity contribution in [2.24, 2.45) is 0 Å². The van der Waals surface area contributed by atoms with Crippen molar-refractivity contribution >= 4 is 5.91 Å². The molecule has 1 N–H and O–H groups in total. The lowest BCUT2D eigenvalue weighted by molar-refractivity contribution is 0.0943. The maximum atomic E-state index is 12.3. The predicted octanol–water partition coefficient (Wildman–Crippen LogP) is 1.22. The molecule has 0 unspecified atom stereocenters. The van der Waals surface area contributed by atoms with Gasteiger partial charge in [0.05, 0.1) is 21.3 Å². The number of benzene rings is 1. The van der Waals surface area contributed by atoms with Crippen LogP contribution < -0.4 is 25.1 Å². The van der Waals surface area contributed by atoms with Crippen molar-refractivity contribution in [2.45, 2.75) is 20.0 Å². The number of aryl methyl sites for hydroxylation is 1. The number of carbonyl (C=O) groups excluding carboxylic acids is 1. The van der Waals surface area contributed by atoms with E-state index in [-0.39, 0.29) is 23.7 Å². The van der Waals surface area contributed by atoms with Gasteiger partial charge in [-0.25, -0.2) is 4.68 Å². The molecular weight excluding hydrogens is 326 g/mol. The molecule has 2 aromatic rings. The van der Waals surface area contributed by atoms with Gasteiger partial charge in [-0.15, -0.1) is 0 Å². The molecule has 0 atom stereocenters. The molecule has 0 radical (unpaired) electrons. The van der Waals surface area contributed by atoms with Crippen molar-refractivity contribution in [1.82, 2.24) is 15.1 Å². The summed E-state index contributed by atoms with van der Waals surface area (Å²) < 4.78 is 17.1. The molecule has 0 fully saturated rings. The van der Waals surface area contributed by atoms with Gasteiger partial charge in [-0.1, -0.05) is 0 Å². The molecule has 0 saturated heterocycles. The quantitative estimate of drug-likeness (QED) is 0.810. The number of carbonyl (C=O) groups is 1. The third-order valence-electron chi connectivity index (χ3n) is 3.58. The van der Waals surface area contributed by atoms with Gasteiger partial charge in [-0.05, 0) is 30.7 Å². The van der Waals surface area contributed by atoms with E-state index in [1.54, 1.807) is 19.1 Å². The summed E-state index contributed by atoms with van der Waals surface area (Å²) in [5, 5.41) is 6.78. The van der Waals surface area contributed by atoms with Gasteiger partial charge in [0, 0.05) is 19.2 Å². The molecule has 1 aromatic carbocycles. The molecule has 8 nitrogen and oxygen atoms in total. The van der Waals surface area contributed by atoms with Crippen molar-refractivity contribution in [2.75, 3.05) is 21.3 Å². The van der Waals surface area contributed by atoms with Crippen molar-refractivity contribution < 1.29 is 19.0 Å². The van der Waals surface area contributed by atoms with Crippen LogP contribution in [-0.2, 0) is 13.1 Å². The molecule has 25 heavy (non-hydrogen) atoms. The zero-order valence-electron chi connectivity index (χ0n) is 14.7. The Bertz CT molecular complexity index is 791. The maximum absolute atomic E-state index is 12.3. The number of nitrogens with zero attached hydrogens (tertiary/aromatic N) is 2. The van der Waals surface area contributed by atoms with Crippen LogP contribution in [0.1, 0.15) is 23.0 Å². The second kappa shape index (κ2) is 8.18. The van der Waals surface area contributed by atoms with E-state index in [9.17, 15) is 9.59 Å². The first kappa shape index (κ1) is 18.3. The summed E-state index contributed by atoms with van der Waals surface area (Å²) in [5.74, 6) is 1.11. The highest BCUT2D eigenvalue weighted by atomic mass is 16.5. The van der Waals surface area contributed by atoms with Crippen molar-refractivity contribution in [3.8, 4) is 17.2 Å². The fraction of sp³-hybridized carbons (Fsp3) is 0.353. The van der Waals surface area contributed by atoms with Gasteiger partial charge in [0.1, 0.15) is 5.69 Å². The molecule has 0 saturated carbocycles. The monoisotopic (exact) mass is 347 g/mol. The van der Waals surface area contributed by atoms with Gasteiger partial charge in [0.15, 0.2) is 11.5 Å². The van der Waals surface area contributed by atoms with E-state index in [1.807, 2.05) is 0 Å². The number of amides is 1. The van der Waals surface area contributed by atoms with Gasteiger partial charge >= 0.3 is 0 Å². The van der Waals surface area contributed by atoms with Crippen molar-refractivity contribution in [3.63, 3.8) is 0 Å². The van der Waals surface area contributed by atoms with Crippen LogP contribution in [0.4, 0.5) is 0 Å². The lowest BCUT2D eigenvalue weighted by Crippen LogP contribution is -2.29. The minimum Gasteiger partial charge on any atom is -0.493 e. The second-order valence-electron chi connectivity index (χ2n) is 5.09. The van der Waals surface area contributed by atoms with Gasteiger partial charge in [0.2, 0.25) is 5.75 Å². The number of nitrogens with one attached hydrogen (secondary N) is 1. The Balaban J connectivity index is 2.18. The van der Waals surface area contributed by atoms with Gasteiger partial charge in [0.25, 0.3) is 11.5 Å². The summed E-state index contributed by atoms with van der Waals surface area (Å²) in [6.07, 6.45) is 0. The van der Waals surface area contributed by atoms with Gasteiger partial charge < -0.3 is 19.5 Å². The third-order valence-corrected chi connectivity index (χ3v) is 3.58. The highest BCUT2D eigenvalue weighted by Crippen LogP contribution is 2.38. The van der Waals surface area contributed by atoms with E-state index in [1.165, 1.54) is 38.1 Å². The first-order valence-corrected chi connectivity index (χ1v) is 7.69. The molecule has 1 aromatic heterocycles. The Morgan fingerprint density at radius 1 is 1.12 bits per heavy atom. The van der Waals surface area contributed by atoms with Crippen LogP contribution in [0.25, 0.3) is 0 Å². The molecule has 0 bridgehead atoms. The van der Waals surface area contributed by atoms with E-state index < -0.39 is 0 Å². The molecule has 134 valence electrons. The number of aromatic nitrogens is 2. The number of rotatable bonds is 7. The molecule has 1 heterocycles. The molecule has 1 amide bonds. The van der Waals surface area contributed by atoms with Crippen LogP contribution >= 0.6 is 0 Å². The number of ether oxygens (including phenoxy) is 3. The summed E-state index contributed by atoms with van der Waals surface area (Å²) in [7, 11) is 4.57. The second-order valence-corrected chi connectivity index (χ2v) is 5.09. The molecule has 8 heteroatoms. The van der Waals surface area contributed by atoms with Crippen molar-refractivity contribution in [1.29, 1.82) is 0 Å². The average Bonchev–Trinajstić information content (AvgIpc) is 2.65. The Hall–Kier alpha value is -3.03. The van der Waals surface area contributed by atoms with E-state index in [0.717, 1.165) is 5.56 Å². The highest BCUT2D eigenvalue weighted by Gasteiger charge is 2.14. The predicted molar refractivity (Wildman–Crippen MR) is 91.4 cm³/mol. The summed E-state index contributed by atoms with van der Waals surface area (Å²) >= 11 is 0. The van der Waals surface area contributed by atoms with Crippen LogP contribution in [0.3, 0.4) is 0 Å². The number of methoxy groups -OCH3 is 3. The fourth-order valence-electron chi connectivity index (χ4n) is 2.31. The zero-order chi connectivity index (χ0) is 18.4. The lowest BCUT2D eigenvalue weighted by Gasteiger charge is -2.14. The fourth-order valence-corrected chi connectivity index (χ4v) is 2.31. The molecule has 0 aliphatic rings. The zero-order valence-corrected chi connectivity index (χ0v) is 14.7. The Morgan fingerprint density at radius 2 is 1.76 bits per heavy atom. The molecule has 0 spiro atoms. The van der Waals surface area contributed by atoms with E-state index >= 15 is 0 Å². The SMILES string of the molecule is CCn1nc(C(=O)NCc2cc(OC)c(OC)c(OC)c2)ccc1=O. The smallest absolute Gasteiger partial charge is 0.271 e. The van der Waals surface area contributed by atoms with E-state index in [0.29, 0.717) is 23.8 Å². The van der Waals surface area contributed by atoms with Crippen LogP contribution in [-0.4, -0.2) is 37.0 Å². The Kier molecular flexibility index (Phi) is 5.99. The van der Waals surface area contributed by atoms with Crippen LogP contribution in [0.5, 0.6) is 17.2 Å². The minimum absolute atomic E-state index is 0.175. The van der Waals surface area contributed by atoms with Gasteiger partial charge in [-0.3, -0.25) is 9.59 Å². The van der Waals surface area contributed by atoms with Crippen LogP contribution in [0.15, 0.2) is 29.1 Å². The molecule has 2 rings (SSSR count). The highest BCUT2D eigenvalue weighted by molar-refractivity contribution is 5.91. The summed E-state index contributed by atoms with van der Waals surface area (Å²) in [4.78, 5) is 23.8. The average molecular weight is 347 g/mol.